The minimum absolute atomic E-state index is 0.0936. The molecule has 1 aromatic rings. The van der Waals surface area contributed by atoms with Gasteiger partial charge in [0, 0.05) is 6.54 Å². The van der Waals surface area contributed by atoms with Crippen LogP contribution in [-0.2, 0) is 14.8 Å². The summed E-state index contributed by atoms with van der Waals surface area (Å²) < 4.78 is 36.9. The first-order chi connectivity index (χ1) is 8.37. The van der Waals surface area contributed by atoms with Crippen molar-refractivity contribution >= 4 is 10.0 Å². The van der Waals surface area contributed by atoms with E-state index < -0.39 is 10.0 Å². The molecule has 6 heteroatoms. The molecule has 1 aromatic carbocycles. The lowest BCUT2D eigenvalue weighted by molar-refractivity contribution is 0.311. The maximum atomic E-state index is 12.0. The highest BCUT2D eigenvalue weighted by Crippen LogP contribution is 2.34. The smallest absolute Gasteiger partial charge is 0.240 e. The first-order valence-electron chi connectivity index (χ1n) is 5.69. The van der Waals surface area contributed by atoms with Crippen LogP contribution in [0, 0.1) is 0 Å². The molecule has 1 fully saturated rings. The molecule has 0 amide bonds. The summed E-state index contributed by atoms with van der Waals surface area (Å²) in [6.45, 7) is 4.08. The van der Waals surface area contributed by atoms with Gasteiger partial charge in [0.05, 0.1) is 18.1 Å². The number of benzene rings is 1. The lowest BCUT2D eigenvalue weighted by atomic mass is 10.1. The van der Waals surface area contributed by atoms with E-state index in [1.807, 2.05) is 13.8 Å². The maximum absolute atomic E-state index is 12.0. The fourth-order valence-corrected chi connectivity index (χ4v) is 2.77. The van der Waals surface area contributed by atoms with E-state index in [4.69, 9.17) is 9.47 Å². The van der Waals surface area contributed by atoms with Gasteiger partial charge in [-0.25, -0.2) is 13.1 Å². The molecule has 5 nitrogen and oxygen atoms in total. The third-order valence-corrected chi connectivity index (χ3v) is 4.65. The van der Waals surface area contributed by atoms with Crippen LogP contribution in [0.15, 0.2) is 29.2 Å². The highest BCUT2D eigenvalue weighted by molar-refractivity contribution is 7.89. The highest BCUT2D eigenvalue weighted by Gasteiger charge is 2.49. The second-order valence-corrected chi connectivity index (χ2v) is 6.34. The van der Waals surface area contributed by atoms with Crippen molar-refractivity contribution in [3.63, 3.8) is 0 Å². The number of epoxide rings is 1. The lowest BCUT2D eigenvalue weighted by Crippen LogP contribution is -2.33. The van der Waals surface area contributed by atoms with E-state index >= 15 is 0 Å². The number of ether oxygens (including phenoxy) is 2. The van der Waals surface area contributed by atoms with E-state index in [9.17, 15) is 8.42 Å². The SMILES string of the molecule is COc1ccc(S(=O)(=O)NCC2(C)OC2C)cc1. The summed E-state index contributed by atoms with van der Waals surface area (Å²) in [5.41, 5.74) is -0.375. The van der Waals surface area contributed by atoms with E-state index in [1.54, 1.807) is 12.1 Å². The summed E-state index contributed by atoms with van der Waals surface area (Å²) in [4.78, 5) is 0.222. The van der Waals surface area contributed by atoms with Gasteiger partial charge in [-0.05, 0) is 38.1 Å². The number of nitrogens with one attached hydrogen (secondary N) is 1. The van der Waals surface area contributed by atoms with Crippen molar-refractivity contribution in [2.24, 2.45) is 0 Å². The van der Waals surface area contributed by atoms with Gasteiger partial charge in [-0.1, -0.05) is 0 Å². The van der Waals surface area contributed by atoms with E-state index in [-0.39, 0.29) is 23.1 Å². The average molecular weight is 271 g/mol. The predicted octanol–water partition coefficient (Wildman–Crippen LogP) is 1.15. The normalized spacial score (nSPS) is 26.9. The van der Waals surface area contributed by atoms with Crippen molar-refractivity contribution in [3.8, 4) is 5.75 Å². The van der Waals surface area contributed by atoms with Crippen LogP contribution in [0.2, 0.25) is 0 Å². The Bertz CT molecular complexity index is 526. The van der Waals surface area contributed by atoms with Gasteiger partial charge in [-0.2, -0.15) is 0 Å². The van der Waals surface area contributed by atoms with Crippen LogP contribution in [-0.4, -0.2) is 33.8 Å². The van der Waals surface area contributed by atoms with Crippen molar-refractivity contribution in [1.82, 2.24) is 4.72 Å². The van der Waals surface area contributed by atoms with Gasteiger partial charge in [0.2, 0.25) is 10.0 Å². The van der Waals surface area contributed by atoms with Crippen molar-refractivity contribution in [3.05, 3.63) is 24.3 Å². The molecule has 2 rings (SSSR count). The summed E-state index contributed by atoms with van der Waals surface area (Å²) in [5, 5.41) is 0. The van der Waals surface area contributed by atoms with Crippen molar-refractivity contribution < 1.29 is 17.9 Å². The average Bonchev–Trinajstić information content (AvgIpc) is 2.96. The molecular weight excluding hydrogens is 254 g/mol. The van der Waals surface area contributed by atoms with E-state index in [2.05, 4.69) is 4.72 Å². The number of sulfonamides is 1. The molecule has 2 atom stereocenters. The molecule has 18 heavy (non-hydrogen) atoms. The maximum Gasteiger partial charge on any atom is 0.240 e. The molecule has 0 spiro atoms. The summed E-state index contributed by atoms with van der Waals surface area (Å²) in [6.07, 6.45) is 0.0936. The fourth-order valence-electron chi connectivity index (χ4n) is 1.63. The molecule has 100 valence electrons. The molecule has 0 radical (unpaired) electrons. The van der Waals surface area contributed by atoms with Gasteiger partial charge in [-0.15, -0.1) is 0 Å². The Hall–Kier alpha value is -1.11. The van der Waals surface area contributed by atoms with Gasteiger partial charge in [0.15, 0.2) is 0 Å². The molecule has 0 saturated carbocycles. The zero-order valence-corrected chi connectivity index (χ0v) is 11.5. The molecule has 1 aliphatic rings. The zero-order valence-electron chi connectivity index (χ0n) is 10.6. The molecule has 1 N–H and O–H groups in total. The molecule has 1 aliphatic heterocycles. The summed E-state index contributed by atoms with van der Waals surface area (Å²) in [6, 6.07) is 6.26. The van der Waals surface area contributed by atoms with Crippen LogP contribution in [0.3, 0.4) is 0 Å². The topological polar surface area (TPSA) is 67.9 Å². The van der Waals surface area contributed by atoms with Crippen molar-refractivity contribution in [2.45, 2.75) is 30.4 Å². The lowest BCUT2D eigenvalue weighted by Gasteiger charge is -2.09. The monoisotopic (exact) mass is 271 g/mol. The molecule has 1 heterocycles. The Morgan fingerprint density at radius 1 is 1.39 bits per heavy atom. The predicted molar refractivity (Wildman–Crippen MR) is 67.1 cm³/mol. The first kappa shape index (κ1) is 13.3. The van der Waals surface area contributed by atoms with Crippen molar-refractivity contribution in [2.75, 3.05) is 13.7 Å². The van der Waals surface area contributed by atoms with Crippen LogP contribution in [0.25, 0.3) is 0 Å². The molecule has 0 bridgehead atoms. The molecular formula is C12H17NO4S. The Balaban J connectivity index is 2.05. The van der Waals surface area contributed by atoms with Crippen molar-refractivity contribution in [1.29, 1.82) is 0 Å². The Morgan fingerprint density at radius 3 is 2.39 bits per heavy atom. The molecule has 2 unspecified atom stereocenters. The third kappa shape index (κ3) is 2.66. The quantitative estimate of drug-likeness (QED) is 0.816. The number of rotatable bonds is 5. The van der Waals surface area contributed by atoms with E-state index in [0.717, 1.165) is 0 Å². The van der Waals surface area contributed by atoms with Crippen LogP contribution < -0.4 is 9.46 Å². The molecule has 0 aliphatic carbocycles. The summed E-state index contributed by atoms with van der Waals surface area (Å²) in [5.74, 6) is 0.625. The molecule has 0 aromatic heterocycles. The Morgan fingerprint density at radius 2 is 1.94 bits per heavy atom. The third-order valence-electron chi connectivity index (χ3n) is 3.23. The largest absolute Gasteiger partial charge is 0.497 e. The fraction of sp³-hybridized carbons (Fsp3) is 0.500. The van der Waals surface area contributed by atoms with E-state index in [0.29, 0.717) is 5.75 Å². The molecule has 1 saturated heterocycles. The number of methoxy groups -OCH3 is 1. The minimum Gasteiger partial charge on any atom is -0.497 e. The summed E-state index contributed by atoms with van der Waals surface area (Å²) in [7, 11) is -1.95. The van der Waals surface area contributed by atoms with Crippen LogP contribution in [0.1, 0.15) is 13.8 Å². The van der Waals surface area contributed by atoms with Gasteiger partial charge in [0.25, 0.3) is 0 Å². The highest BCUT2D eigenvalue weighted by atomic mass is 32.2. The minimum atomic E-state index is -3.49. The van der Waals surface area contributed by atoms with Crippen LogP contribution in [0.4, 0.5) is 0 Å². The summed E-state index contributed by atoms with van der Waals surface area (Å²) >= 11 is 0. The van der Waals surface area contributed by atoms with E-state index in [1.165, 1.54) is 19.2 Å². The van der Waals surface area contributed by atoms with Gasteiger partial charge >= 0.3 is 0 Å². The van der Waals surface area contributed by atoms with Crippen LogP contribution in [0.5, 0.6) is 5.75 Å². The van der Waals surface area contributed by atoms with Gasteiger partial charge in [-0.3, -0.25) is 0 Å². The van der Waals surface area contributed by atoms with Gasteiger partial charge < -0.3 is 9.47 Å². The second-order valence-electron chi connectivity index (χ2n) is 4.57. The number of hydrogen-bond donors (Lipinski definition) is 1. The zero-order chi connectivity index (χ0) is 13.4. The first-order valence-corrected chi connectivity index (χ1v) is 7.17. The van der Waals surface area contributed by atoms with Gasteiger partial charge in [0.1, 0.15) is 11.4 Å². The standard InChI is InChI=1S/C12H17NO4S/c1-9-12(2,17-9)8-13-18(14,15)11-6-4-10(16-3)5-7-11/h4-7,9,13H,8H2,1-3H3. The second kappa shape index (κ2) is 4.53. The van der Waals surface area contributed by atoms with Crippen LogP contribution >= 0.6 is 0 Å². The Kier molecular flexibility index (Phi) is 3.35. The Labute approximate surface area is 107 Å². The number of hydrogen-bond acceptors (Lipinski definition) is 4.